The molecule has 114 valence electrons. The van der Waals surface area contributed by atoms with Crippen molar-refractivity contribution in [2.75, 3.05) is 26.7 Å². The maximum atomic E-state index is 12.6. The lowest BCUT2D eigenvalue weighted by Crippen LogP contribution is -2.48. The van der Waals surface area contributed by atoms with Crippen LogP contribution in [0, 0.1) is 0 Å². The number of rotatable bonds is 3. The number of nitrogens with zero attached hydrogens (tertiary/aromatic N) is 2. The molecule has 0 N–H and O–H groups in total. The average Bonchev–Trinajstić information content (AvgIpc) is 3.07. The third-order valence-corrected chi connectivity index (χ3v) is 4.82. The second kappa shape index (κ2) is 6.90. The molecule has 3 rings (SSSR count). The van der Waals surface area contributed by atoms with Gasteiger partial charge in [0.25, 0.3) is 0 Å². The number of carbonyl (C=O) groups excluding carboxylic acids is 1. The first kappa shape index (κ1) is 15.0. The lowest BCUT2D eigenvalue weighted by atomic mass is 10.0. The Labute approximate surface area is 135 Å². The van der Waals surface area contributed by atoms with Gasteiger partial charge in [-0.25, -0.2) is 0 Å². The molecular weight excluding hydrogens is 292 g/mol. The standard InChI is InChI=1S/C18H20N2OS/c1-19-11-12-20(17(14-19)15-6-3-2-4-7-15)18(21)10-9-16-8-5-13-22-16/h2-10,13,17H,11-12,14H2,1H3. The van der Waals surface area contributed by atoms with Gasteiger partial charge in [0.05, 0.1) is 6.04 Å². The van der Waals surface area contributed by atoms with Crippen molar-refractivity contribution in [2.24, 2.45) is 0 Å². The van der Waals surface area contributed by atoms with E-state index in [-0.39, 0.29) is 11.9 Å². The Morgan fingerprint density at radius 1 is 1.18 bits per heavy atom. The van der Waals surface area contributed by atoms with Crippen molar-refractivity contribution in [1.82, 2.24) is 9.80 Å². The number of carbonyl (C=O) groups is 1. The van der Waals surface area contributed by atoms with E-state index in [9.17, 15) is 4.79 Å². The summed E-state index contributed by atoms with van der Waals surface area (Å²) in [5.41, 5.74) is 1.20. The van der Waals surface area contributed by atoms with Crippen LogP contribution < -0.4 is 0 Å². The predicted octanol–water partition coefficient (Wildman–Crippen LogP) is 3.28. The molecule has 3 nitrogen and oxygen atoms in total. The van der Waals surface area contributed by atoms with Gasteiger partial charge in [-0.2, -0.15) is 0 Å². The topological polar surface area (TPSA) is 23.6 Å². The Balaban J connectivity index is 1.79. The molecule has 0 radical (unpaired) electrons. The second-order valence-electron chi connectivity index (χ2n) is 5.57. The predicted molar refractivity (Wildman–Crippen MR) is 91.7 cm³/mol. The summed E-state index contributed by atoms with van der Waals surface area (Å²) in [6.45, 7) is 2.56. The SMILES string of the molecule is CN1CCN(C(=O)C=Cc2cccs2)C(c2ccccc2)C1. The van der Waals surface area contributed by atoms with Gasteiger partial charge in [0.1, 0.15) is 0 Å². The van der Waals surface area contributed by atoms with Crippen LogP contribution in [0.2, 0.25) is 0 Å². The van der Waals surface area contributed by atoms with E-state index in [1.165, 1.54) is 5.56 Å². The van der Waals surface area contributed by atoms with E-state index in [0.717, 1.165) is 24.5 Å². The van der Waals surface area contributed by atoms with Gasteiger partial charge >= 0.3 is 0 Å². The molecule has 1 saturated heterocycles. The average molecular weight is 312 g/mol. The zero-order valence-electron chi connectivity index (χ0n) is 12.7. The van der Waals surface area contributed by atoms with Gasteiger partial charge in [-0.15, -0.1) is 11.3 Å². The Kier molecular flexibility index (Phi) is 4.71. The van der Waals surface area contributed by atoms with Crippen molar-refractivity contribution in [2.45, 2.75) is 6.04 Å². The quantitative estimate of drug-likeness (QED) is 0.812. The van der Waals surface area contributed by atoms with Crippen molar-refractivity contribution in [3.8, 4) is 0 Å². The largest absolute Gasteiger partial charge is 0.330 e. The third-order valence-electron chi connectivity index (χ3n) is 3.98. The number of hydrogen-bond donors (Lipinski definition) is 0. The molecule has 1 aromatic heterocycles. The normalized spacial score (nSPS) is 19.7. The lowest BCUT2D eigenvalue weighted by molar-refractivity contribution is -0.130. The smallest absolute Gasteiger partial charge is 0.247 e. The molecule has 0 aliphatic carbocycles. The van der Waals surface area contributed by atoms with Crippen LogP contribution in [0.5, 0.6) is 0 Å². The molecule has 1 fully saturated rings. The molecule has 2 aromatic rings. The molecule has 1 amide bonds. The number of benzene rings is 1. The van der Waals surface area contributed by atoms with Crippen LogP contribution in [-0.2, 0) is 4.79 Å². The molecule has 0 bridgehead atoms. The van der Waals surface area contributed by atoms with Crippen molar-refractivity contribution in [3.63, 3.8) is 0 Å². The molecule has 1 unspecified atom stereocenters. The van der Waals surface area contributed by atoms with Gasteiger partial charge in [-0.3, -0.25) is 4.79 Å². The Morgan fingerprint density at radius 2 is 2.00 bits per heavy atom. The Hall–Kier alpha value is -1.91. The minimum Gasteiger partial charge on any atom is -0.330 e. The molecule has 2 heterocycles. The maximum absolute atomic E-state index is 12.6. The van der Waals surface area contributed by atoms with Gasteiger partial charge in [-0.1, -0.05) is 36.4 Å². The van der Waals surface area contributed by atoms with Gasteiger partial charge in [-0.05, 0) is 30.1 Å². The number of hydrogen-bond acceptors (Lipinski definition) is 3. The summed E-state index contributed by atoms with van der Waals surface area (Å²) in [7, 11) is 2.11. The molecule has 22 heavy (non-hydrogen) atoms. The summed E-state index contributed by atoms with van der Waals surface area (Å²) in [5.74, 6) is 0.0929. The summed E-state index contributed by atoms with van der Waals surface area (Å²) in [5, 5.41) is 2.02. The summed E-state index contributed by atoms with van der Waals surface area (Å²) >= 11 is 1.64. The third kappa shape index (κ3) is 3.46. The number of piperazine rings is 1. The minimum absolute atomic E-state index is 0.0929. The number of likely N-dealkylation sites (N-methyl/N-ethyl adjacent to an activating group) is 1. The highest BCUT2D eigenvalue weighted by Gasteiger charge is 2.28. The molecule has 0 saturated carbocycles. The minimum atomic E-state index is 0.0929. The number of thiophene rings is 1. The van der Waals surface area contributed by atoms with Gasteiger partial charge in [0, 0.05) is 30.6 Å². The highest BCUT2D eigenvalue weighted by Crippen LogP contribution is 2.25. The lowest BCUT2D eigenvalue weighted by Gasteiger charge is -2.39. The molecule has 1 aliphatic rings. The van der Waals surface area contributed by atoms with E-state index < -0.39 is 0 Å². The van der Waals surface area contributed by atoms with Gasteiger partial charge in [0.15, 0.2) is 0 Å². The summed E-state index contributed by atoms with van der Waals surface area (Å²) in [4.78, 5) is 18.0. The van der Waals surface area contributed by atoms with Crippen LogP contribution in [0.15, 0.2) is 53.9 Å². The summed E-state index contributed by atoms with van der Waals surface area (Å²) in [6, 6.07) is 14.4. The molecule has 1 aromatic carbocycles. The van der Waals surface area contributed by atoms with Crippen LogP contribution in [0.25, 0.3) is 6.08 Å². The number of amides is 1. The molecule has 0 spiro atoms. The van der Waals surface area contributed by atoms with E-state index in [1.54, 1.807) is 17.4 Å². The second-order valence-corrected chi connectivity index (χ2v) is 6.55. The Morgan fingerprint density at radius 3 is 2.73 bits per heavy atom. The first-order chi connectivity index (χ1) is 10.7. The first-order valence-corrected chi connectivity index (χ1v) is 8.37. The van der Waals surface area contributed by atoms with E-state index in [2.05, 4.69) is 24.1 Å². The van der Waals surface area contributed by atoms with Crippen molar-refractivity contribution in [3.05, 3.63) is 64.4 Å². The van der Waals surface area contributed by atoms with Crippen LogP contribution in [-0.4, -0.2) is 42.4 Å². The van der Waals surface area contributed by atoms with Crippen molar-refractivity contribution < 1.29 is 4.79 Å². The molecule has 4 heteroatoms. The fraction of sp³-hybridized carbons (Fsp3) is 0.278. The fourth-order valence-corrected chi connectivity index (χ4v) is 3.40. The molecule has 1 aliphatic heterocycles. The van der Waals surface area contributed by atoms with Gasteiger partial charge in [0.2, 0.25) is 5.91 Å². The van der Waals surface area contributed by atoms with Crippen molar-refractivity contribution >= 4 is 23.3 Å². The van der Waals surface area contributed by atoms with E-state index in [4.69, 9.17) is 0 Å². The van der Waals surface area contributed by atoms with E-state index in [1.807, 2.05) is 46.7 Å². The monoisotopic (exact) mass is 312 g/mol. The van der Waals surface area contributed by atoms with Crippen LogP contribution in [0.1, 0.15) is 16.5 Å². The Bertz CT molecular complexity index is 636. The van der Waals surface area contributed by atoms with Crippen LogP contribution in [0.4, 0.5) is 0 Å². The highest BCUT2D eigenvalue weighted by molar-refractivity contribution is 7.10. The molecular formula is C18H20N2OS. The zero-order chi connectivity index (χ0) is 15.4. The van der Waals surface area contributed by atoms with E-state index >= 15 is 0 Å². The highest BCUT2D eigenvalue weighted by atomic mass is 32.1. The summed E-state index contributed by atoms with van der Waals surface area (Å²) in [6.07, 6.45) is 3.61. The maximum Gasteiger partial charge on any atom is 0.247 e. The van der Waals surface area contributed by atoms with Gasteiger partial charge < -0.3 is 9.80 Å². The fourth-order valence-electron chi connectivity index (χ4n) is 2.78. The summed E-state index contributed by atoms with van der Waals surface area (Å²) < 4.78 is 0. The van der Waals surface area contributed by atoms with Crippen LogP contribution in [0.3, 0.4) is 0 Å². The van der Waals surface area contributed by atoms with E-state index in [0.29, 0.717) is 0 Å². The molecule has 1 atom stereocenters. The van der Waals surface area contributed by atoms with Crippen molar-refractivity contribution in [1.29, 1.82) is 0 Å². The zero-order valence-corrected chi connectivity index (χ0v) is 13.5. The first-order valence-electron chi connectivity index (χ1n) is 7.50. The van der Waals surface area contributed by atoms with Crippen LogP contribution >= 0.6 is 11.3 Å².